The van der Waals surface area contributed by atoms with E-state index in [1.165, 1.54) is 18.2 Å². The molecule has 0 bridgehead atoms. The molecule has 4 amide bonds. The van der Waals surface area contributed by atoms with E-state index in [9.17, 15) is 23.6 Å². The number of nitrogens with zero attached hydrogens (tertiary/aromatic N) is 2. The molecule has 2 aliphatic heterocycles. The minimum Gasteiger partial charge on any atom is -0.451 e. The number of hydrogen-bond donors (Lipinski definition) is 2. The van der Waals surface area contributed by atoms with Gasteiger partial charge in [-0.2, -0.15) is 4.39 Å². The molecule has 4 rings (SSSR count). The number of carbonyl (C=O) groups is 4. The summed E-state index contributed by atoms with van der Waals surface area (Å²) in [5, 5.41) is 5.55. The standard InChI is InChI=1S/C28H38ClFN4O6/c1-17(2)15-20(26(37)34-10-4-5-21(34)27(38)33-11-13-39-14-12-33)31-24(35)19-16-18(29)6-7-22(19)40-23(30)25(36)32-28(3)8-9-28/h6-7,16-17,20-21,23H,4-5,8-15H2,1-3H3,(H,31,35)(H,32,36). The van der Waals surface area contributed by atoms with Crippen molar-refractivity contribution in [3.8, 4) is 5.75 Å². The third-order valence-corrected chi connectivity index (χ3v) is 7.74. The molecule has 220 valence electrons. The molecule has 0 aromatic heterocycles. The predicted molar refractivity (Wildman–Crippen MR) is 146 cm³/mol. The van der Waals surface area contributed by atoms with E-state index in [4.69, 9.17) is 21.1 Å². The van der Waals surface area contributed by atoms with E-state index in [-0.39, 0.29) is 34.1 Å². The number of benzene rings is 1. The average molecular weight is 581 g/mol. The third-order valence-electron chi connectivity index (χ3n) is 7.50. The summed E-state index contributed by atoms with van der Waals surface area (Å²) in [5.74, 6) is -2.23. The summed E-state index contributed by atoms with van der Waals surface area (Å²) in [7, 11) is 0. The van der Waals surface area contributed by atoms with Crippen molar-refractivity contribution in [2.45, 2.75) is 76.9 Å². The maximum absolute atomic E-state index is 14.7. The lowest BCUT2D eigenvalue weighted by atomic mass is 10.0. The van der Waals surface area contributed by atoms with Crippen molar-refractivity contribution in [1.82, 2.24) is 20.4 Å². The predicted octanol–water partition coefficient (Wildman–Crippen LogP) is 2.68. The molecule has 2 heterocycles. The maximum atomic E-state index is 14.7. The molecule has 10 nitrogen and oxygen atoms in total. The number of likely N-dealkylation sites (tertiary alicyclic amines) is 1. The molecular formula is C28H38ClFN4O6. The first-order valence-corrected chi connectivity index (χ1v) is 14.3. The van der Waals surface area contributed by atoms with E-state index in [1.807, 2.05) is 20.8 Å². The zero-order valence-electron chi connectivity index (χ0n) is 23.2. The number of ether oxygens (including phenoxy) is 2. The summed E-state index contributed by atoms with van der Waals surface area (Å²) < 4.78 is 25.3. The van der Waals surface area contributed by atoms with E-state index in [0.717, 1.165) is 12.8 Å². The van der Waals surface area contributed by atoms with Crippen LogP contribution in [0.25, 0.3) is 0 Å². The van der Waals surface area contributed by atoms with E-state index < -0.39 is 35.8 Å². The van der Waals surface area contributed by atoms with Gasteiger partial charge in [-0.3, -0.25) is 19.2 Å². The zero-order chi connectivity index (χ0) is 29.0. The van der Waals surface area contributed by atoms with Crippen molar-refractivity contribution in [2.24, 2.45) is 5.92 Å². The lowest BCUT2D eigenvalue weighted by Gasteiger charge is -2.34. The van der Waals surface area contributed by atoms with Crippen molar-refractivity contribution in [2.75, 3.05) is 32.8 Å². The van der Waals surface area contributed by atoms with Crippen LogP contribution in [0.3, 0.4) is 0 Å². The van der Waals surface area contributed by atoms with Crippen molar-refractivity contribution in [1.29, 1.82) is 0 Å². The Bertz CT molecular complexity index is 1120. The van der Waals surface area contributed by atoms with E-state index in [0.29, 0.717) is 52.1 Å². The highest BCUT2D eigenvalue weighted by Crippen LogP contribution is 2.34. The van der Waals surface area contributed by atoms with Gasteiger partial charge in [0.1, 0.15) is 17.8 Å². The Hall–Kier alpha value is -2.92. The van der Waals surface area contributed by atoms with Gasteiger partial charge < -0.3 is 29.9 Å². The van der Waals surface area contributed by atoms with Crippen LogP contribution in [0, 0.1) is 5.92 Å². The number of hydrogen-bond acceptors (Lipinski definition) is 6. The van der Waals surface area contributed by atoms with Gasteiger partial charge in [-0.1, -0.05) is 25.4 Å². The Morgan fingerprint density at radius 3 is 2.52 bits per heavy atom. The number of morpholine rings is 1. The van der Waals surface area contributed by atoms with Gasteiger partial charge >= 0.3 is 6.36 Å². The van der Waals surface area contributed by atoms with Crippen LogP contribution in [0.15, 0.2) is 18.2 Å². The lowest BCUT2D eigenvalue weighted by Crippen LogP contribution is -2.55. The third kappa shape index (κ3) is 7.42. The molecule has 3 aliphatic rings. The van der Waals surface area contributed by atoms with Crippen LogP contribution in [-0.4, -0.2) is 90.3 Å². The minimum atomic E-state index is -2.34. The van der Waals surface area contributed by atoms with Gasteiger partial charge in [-0.15, -0.1) is 0 Å². The molecular weight excluding hydrogens is 543 g/mol. The Morgan fingerprint density at radius 2 is 1.88 bits per heavy atom. The highest BCUT2D eigenvalue weighted by atomic mass is 35.5. The smallest absolute Gasteiger partial charge is 0.316 e. The number of amides is 4. The molecule has 1 aromatic rings. The van der Waals surface area contributed by atoms with Gasteiger partial charge in [0, 0.05) is 30.2 Å². The molecule has 1 aromatic carbocycles. The SMILES string of the molecule is CC(C)CC(NC(=O)c1cc(Cl)ccc1OC(F)C(=O)NC1(C)CC1)C(=O)N1CCCC1C(=O)N1CCOCC1. The van der Waals surface area contributed by atoms with Crippen LogP contribution in [0.5, 0.6) is 5.75 Å². The first kappa shape index (κ1) is 30.0. The van der Waals surface area contributed by atoms with Crippen molar-refractivity contribution in [3.63, 3.8) is 0 Å². The molecule has 1 saturated carbocycles. The summed E-state index contributed by atoms with van der Waals surface area (Å²) in [6, 6.07) is 2.50. The van der Waals surface area contributed by atoms with E-state index >= 15 is 0 Å². The minimum absolute atomic E-state index is 0.0445. The van der Waals surface area contributed by atoms with Crippen LogP contribution < -0.4 is 15.4 Å². The van der Waals surface area contributed by atoms with Gasteiger partial charge in [-0.25, -0.2) is 0 Å². The molecule has 1 aliphatic carbocycles. The normalized spacial score (nSPS) is 21.5. The fourth-order valence-electron chi connectivity index (χ4n) is 5.02. The number of halogens is 2. The van der Waals surface area contributed by atoms with Crippen LogP contribution >= 0.6 is 11.6 Å². The number of alkyl halides is 1. The lowest BCUT2D eigenvalue weighted by molar-refractivity contribution is -0.147. The van der Waals surface area contributed by atoms with Gasteiger partial charge in [0.15, 0.2) is 0 Å². The Kier molecular flexibility index (Phi) is 9.56. The van der Waals surface area contributed by atoms with Gasteiger partial charge in [0.25, 0.3) is 11.8 Å². The maximum Gasteiger partial charge on any atom is 0.316 e. The summed E-state index contributed by atoms with van der Waals surface area (Å²) in [6.45, 7) is 7.95. The van der Waals surface area contributed by atoms with Crippen LogP contribution in [0.4, 0.5) is 4.39 Å². The molecule has 40 heavy (non-hydrogen) atoms. The Morgan fingerprint density at radius 1 is 1.18 bits per heavy atom. The fraction of sp³-hybridized carbons (Fsp3) is 0.643. The molecule has 2 N–H and O–H groups in total. The van der Waals surface area contributed by atoms with Gasteiger partial charge in [0.05, 0.1) is 18.8 Å². The Balaban J connectivity index is 1.49. The first-order chi connectivity index (χ1) is 19.0. The van der Waals surface area contributed by atoms with Crippen molar-refractivity contribution < 1.29 is 33.0 Å². The van der Waals surface area contributed by atoms with E-state index in [2.05, 4.69) is 10.6 Å². The highest BCUT2D eigenvalue weighted by Gasteiger charge is 2.42. The molecule has 0 spiro atoms. The second-order valence-corrected chi connectivity index (χ2v) is 11.8. The molecule has 3 atom stereocenters. The van der Waals surface area contributed by atoms with Gasteiger partial charge in [-0.05, 0) is 63.1 Å². The van der Waals surface area contributed by atoms with Crippen LogP contribution in [-0.2, 0) is 19.1 Å². The summed E-state index contributed by atoms with van der Waals surface area (Å²) in [5.41, 5.74) is -0.545. The van der Waals surface area contributed by atoms with Crippen LogP contribution in [0.2, 0.25) is 5.02 Å². The summed E-state index contributed by atoms with van der Waals surface area (Å²) in [4.78, 5) is 56.0. The topological polar surface area (TPSA) is 117 Å². The monoisotopic (exact) mass is 580 g/mol. The van der Waals surface area contributed by atoms with Crippen molar-refractivity contribution >= 4 is 35.2 Å². The molecule has 3 unspecified atom stereocenters. The van der Waals surface area contributed by atoms with Gasteiger partial charge in [0.2, 0.25) is 11.8 Å². The largest absolute Gasteiger partial charge is 0.451 e. The number of rotatable bonds is 10. The molecule has 0 radical (unpaired) electrons. The highest BCUT2D eigenvalue weighted by molar-refractivity contribution is 6.31. The fourth-order valence-corrected chi connectivity index (χ4v) is 5.20. The second kappa shape index (κ2) is 12.7. The molecule has 12 heteroatoms. The number of nitrogens with one attached hydrogen (secondary N) is 2. The second-order valence-electron chi connectivity index (χ2n) is 11.4. The average Bonchev–Trinajstić information content (AvgIpc) is 3.44. The first-order valence-electron chi connectivity index (χ1n) is 13.9. The van der Waals surface area contributed by atoms with E-state index in [1.54, 1.807) is 9.80 Å². The van der Waals surface area contributed by atoms with Crippen LogP contribution in [0.1, 0.15) is 63.2 Å². The molecule has 3 fully saturated rings. The quantitative estimate of drug-likeness (QED) is 0.439. The Labute approximate surface area is 238 Å². The zero-order valence-corrected chi connectivity index (χ0v) is 24.0. The molecule has 2 saturated heterocycles. The summed E-state index contributed by atoms with van der Waals surface area (Å²) >= 11 is 6.14. The van der Waals surface area contributed by atoms with Crippen molar-refractivity contribution in [3.05, 3.63) is 28.8 Å². The summed E-state index contributed by atoms with van der Waals surface area (Å²) in [6.07, 6.45) is 0.719. The number of carbonyl (C=O) groups excluding carboxylic acids is 4.